The summed E-state index contributed by atoms with van der Waals surface area (Å²) in [6.07, 6.45) is 5.97. The third kappa shape index (κ3) is 3.71. The van der Waals surface area contributed by atoms with Gasteiger partial charge >= 0.3 is 0 Å². The van der Waals surface area contributed by atoms with E-state index in [4.69, 9.17) is 4.74 Å². The van der Waals surface area contributed by atoms with Gasteiger partial charge in [0.25, 0.3) is 0 Å². The number of hydrogen-bond acceptors (Lipinski definition) is 2. The van der Waals surface area contributed by atoms with E-state index >= 15 is 0 Å². The number of methoxy groups -OCH3 is 1. The summed E-state index contributed by atoms with van der Waals surface area (Å²) in [4.78, 5) is 4.57. The van der Waals surface area contributed by atoms with Crippen LogP contribution in [0.1, 0.15) is 11.1 Å². The molecule has 0 aliphatic carbocycles. The molecule has 1 heterocycles. The van der Waals surface area contributed by atoms with Crippen molar-refractivity contribution in [1.29, 1.82) is 0 Å². The SMILES string of the molecule is COc1ccc(-n2ccc(C=Nc3ccc(Br)cc3C)c2)cc1. The molecule has 3 aromatic rings. The number of nitrogens with zero attached hydrogens (tertiary/aromatic N) is 2. The van der Waals surface area contributed by atoms with Crippen molar-refractivity contribution in [2.24, 2.45) is 4.99 Å². The van der Waals surface area contributed by atoms with E-state index in [1.54, 1.807) is 7.11 Å². The normalized spacial score (nSPS) is 11.1. The minimum Gasteiger partial charge on any atom is -0.497 e. The highest BCUT2D eigenvalue weighted by atomic mass is 79.9. The maximum atomic E-state index is 5.18. The molecular formula is C19H17BrN2O. The van der Waals surface area contributed by atoms with E-state index in [-0.39, 0.29) is 0 Å². The Morgan fingerprint density at radius 1 is 1.09 bits per heavy atom. The second-order valence-electron chi connectivity index (χ2n) is 5.24. The lowest BCUT2D eigenvalue weighted by molar-refractivity contribution is 0.415. The van der Waals surface area contributed by atoms with Gasteiger partial charge in [-0.1, -0.05) is 15.9 Å². The van der Waals surface area contributed by atoms with Gasteiger partial charge in [-0.15, -0.1) is 0 Å². The predicted octanol–water partition coefficient (Wildman–Crippen LogP) is 5.31. The van der Waals surface area contributed by atoms with E-state index < -0.39 is 0 Å². The summed E-state index contributed by atoms with van der Waals surface area (Å²) in [6, 6.07) is 16.1. The summed E-state index contributed by atoms with van der Waals surface area (Å²) in [5, 5.41) is 0. The first-order chi connectivity index (χ1) is 11.2. The first-order valence-electron chi connectivity index (χ1n) is 7.28. The minimum absolute atomic E-state index is 0.855. The number of ether oxygens (including phenoxy) is 1. The molecule has 23 heavy (non-hydrogen) atoms. The van der Waals surface area contributed by atoms with Crippen LogP contribution in [0.2, 0.25) is 0 Å². The monoisotopic (exact) mass is 368 g/mol. The molecule has 0 amide bonds. The van der Waals surface area contributed by atoms with Crippen LogP contribution in [0.15, 0.2) is 70.4 Å². The van der Waals surface area contributed by atoms with Gasteiger partial charge in [0.05, 0.1) is 12.8 Å². The van der Waals surface area contributed by atoms with Crippen LogP contribution in [0.5, 0.6) is 5.75 Å². The molecule has 0 saturated carbocycles. The molecule has 2 aromatic carbocycles. The molecule has 1 aromatic heterocycles. The smallest absolute Gasteiger partial charge is 0.119 e. The van der Waals surface area contributed by atoms with Gasteiger partial charge in [-0.05, 0) is 61.0 Å². The van der Waals surface area contributed by atoms with Crippen LogP contribution in [0.3, 0.4) is 0 Å². The fourth-order valence-electron chi connectivity index (χ4n) is 2.31. The molecule has 0 N–H and O–H groups in total. The van der Waals surface area contributed by atoms with Crippen molar-refractivity contribution in [2.75, 3.05) is 7.11 Å². The molecule has 3 rings (SSSR count). The number of hydrogen-bond donors (Lipinski definition) is 0. The molecule has 0 saturated heterocycles. The first-order valence-corrected chi connectivity index (χ1v) is 8.07. The second kappa shape index (κ2) is 6.84. The molecule has 0 fully saturated rings. The zero-order valence-electron chi connectivity index (χ0n) is 13.0. The van der Waals surface area contributed by atoms with E-state index in [2.05, 4.69) is 44.7 Å². The highest BCUT2D eigenvalue weighted by Crippen LogP contribution is 2.22. The predicted molar refractivity (Wildman–Crippen MR) is 98.5 cm³/mol. The third-order valence-corrected chi connectivity index (χ3v) is 4.09. The topological polar surface area (TPSA) is 26.5 Å². The van der Waals surface area contributed by atoms with Gasteiger partial charge in [0.15, 0.2) is 0 Å². The number of aryl methyl sites for hydroxylation is 1. The Bertz CT molecular complexity index is 835. The van der Waals surface area contributed by atoms with Crippen LogP contribution in [0.4, 0.5) is 5.69 Å². The van der Waals surface area contributed by atoms with E-state index in [0.29, 0.717) is 0 Å². The van der Waals surface area contributed by atoms with Crippen LogP contribution in [0.25, 0.3) is 5.69 Å². The second-order valence-corrected chi connectivity index (χ2v) is 6.15. The van der Waals surface area contributed by atoms with Crippen LogP contribution >= 0.6 is 15.9 Å². The van der Waals surface area contributed by atoms with E-state index in [9.17, 15) is 0 Å². The Balaban J connectivity index is 1.79. The fraction of sp³-hybridized carbons (Fsp3) is 0.105. The Morgan fingerprint density at radius 3 is 2.57 bits per heavy atom. The van der Waals surface area contributed by atoms with Gasteiger partial charge in [0.1, 0.15) is 5.75 Å². The molecule has 0 radical (unpaired) electrons. The fourth-order valence-corrected chi connectivity index (χ4v) is 2.79. The van der Waals surface area contributed by atoms with Crippen molar-refractivity contribution in [3.63, 3.8) is 0 Å². The Hall–Kier alpha value is -2.33. The van der Waals surface area contributed by atoms with Crippen LogP contribution in [0, 0.1) is 6.92 Å². The summed E-state index contributed by atoms with van der Waals surface area (Å²) in [5.41, 5.74) is 4.27. The Morgan fingerprint density at radius 2 is 1.87 bits per heavy atom. The van der Waals surface area contributed by atoms with E-state index in [0.717, 1.165) is 32.7 Å². The molecule has 0 unspecified atom stereocenters. The number of benzene rings is 2. The molecule has 4 heteroatoms. The Labute approximate surface area is 144 Å². The maximum Gasteiger partial charge on any atom is 0.119 e. The van der Waals surface area contributed by atoms with Crippen molar-refractivity contribution < 1.29 is 4.74 Å². The van der Waals surface area contributed by atoms with Gasteiger partial charge in [-0.2, -0.15) is 0 Å². The average molecular weight is 369 g/mol. The van der Waals surface area contributed by atoms with Crippen LogP contribution in [-0.2, 0) is 0 Å². The van der Waals surface area contributed by atoms with Gasteiger partial charge in [0.2, 0.25) is 0 Å². The zero-order chi connectivity index (χ0) is 16.2. The van der Waals surface area contributed by atoms with Crippen molar-refractivity contribution in [3.05, 3.63) is 76.5 Å². The quantitative estimate of drug-likeness (QED) is 0.573. The summed E-state index contributed by atoms with van der Waals surface area (Å²) in [7, 11) is 1.67. The van der Waals surface area contributed by atoms with Gasteiger partial charge in [-0.25, -0.2) is 0 Å². The molecule has 3 nitrogen and oxygen atoms in total. The molecule has 116 valence electrons. The third-order valence-electron chi connectivity index (χ3n) is 3.60. The summed E-state index contributed by atoms with van der Waals surface area (Å²) in [6.45, 7) is 2.06. The van der Waals surface area contributed by atoms with E-state index in [1.165, 1.54) is 0 Å². The standard InChI is InChI=1S/C19H17BrN2O/c1-14-11-16(20)3-8-19(14)21-12-15-9-10-22(13-15)17-4-6-18(23-2)7-5-17/h3-13H,1-2H3. The van der Waals surface area contributed by atoms with Gasteiger partial charge in [0, 0.05) is 34.3 Å². The zero-order valence-corrected chi connectivity index (χ0v) is 14.6. The average Bonchev–Trinajstić information content (AvgIpc) is 3.03. The summed E-state index contributed by atoms with van der Waals surface area (Å²) in [5.74, 6) is 0.855. The molecule has 0 bridgehead atoms. The van der Waals surface area contributed by atoms with Crippen molar-refractivity contribution >= 4 is 27.8 Å². The Kier molecular flexibility index (Phi) is 4.63. The summed E-state index contributed by atoms with van der Waals surface area (Å²) < 4.78 is 8.32. The van der Waals surface area contributed by atoms with Crippen LogP contribution in [-0.4, -0.2) is 17.9 Å². The maximum absolute atomic E-state index is 5.18. The van der Waals surface area contributed by atoms with Crippen molar-refractivity contribution in [1.82, 2.24) is 4.57 Å². The van der Waals surface area contributed by atoms with E-state index in [1.807, 2.05) is 54.9 Å². The highest BCUT2D eigenvalue weighted by molar-refractivity contribution is 9.10. The molecule has 0 spiro atoms. The minimum atomic E-state index is 0.855. The molecule has 0 aliphatic rings. The molecule has 0 atom stereocenters. The summed E-state index contributed by atoms with van der Waals surface area (Å²) >= 11 is 3.47. The number of aliphatic imine (C=N–C) groups is 1. The number of aromatic nitrogens is 1. The lowest BCUT2D eigenvalue weighted by Crippen LogP contribution is -1.90. The van der Waals surface area contributed by atoms with Crippen molar-refractivity contribution in [2.45, 2.75) is 6.92 Å². The molecular weight excluding hydrogens is 352 g/mol. The largest absolute Gasteiger partial charge is 0.497 e. The van der Waals surface area contributed by atoms with Gasteiger partial charge < -0.3 is 9.30 Å². The lowest BCUT2D eigenvalue weighted by atomic mass is 10.2. The number of rotatable bonds is 4. The van der Waals surface area contributed by atoms with Crippen molar-refractivity contribution in [3.8, 4) is 11.4 Å². The number of halogens is 1. The van der Waals surface area contributed by atoms with Crippen LogP contribution < -0.4 is 4.74 Å². The highest BCUT2D eigenvalue weighted by Gasteiger charge is 2.00. The lowest BCUT2D eigenvalue weighted by Gasteiger charge is -2.04. The van der Waals surface area contributed by atoms with Gasteiger partial charge in [-0.3, -0.25) is 4.99 Å². The molecule has 0 aliphatic heterocycles. The first kappa shape index (κ1) is 15.6.